The fourth-order valence-corrected chi connectivity index (χ4v) is 1.82. The number of carbonyl (C=O) groups is 1. The second kappa shape index (κ2) is 6.08. The molecule has 0 aliphatic carbocycles. The molecule has 1 heterocycles. The molecule has 1 aromatic heterocycles. The van der Waals surface area contributed by atoms with Crippen molar-refractivity contribution < 1.29 is 19.6 Å². The van der Waals surface area contributed by atoms with Crippen LogP contribution in [0.15, 0.2) is 30.6 Å². The summed E-state index contributed by atoms with van der Waals surface area (Å²) in [6.45, 7) is 0. The number of nitro benzene ring substituents is 1. The number of hydrogen-bond acceptors (Lipinski definition) is 6. The average molecular weight is 303 g/mol. The van der Waals surface area contributed by atoms with Crippen LogP contribution in [-0.4, -0.2) is 32.7 Å². The fraction of sp³-hybridized carbons (Fsp3) is 0.143. The van der Waals surface area contributed by atoms with Gasteiger partial charge in [-0.1, -0.05) is 6.08 Å². The normalized spacial score (nSPS) is 10.8. The number of nitro groups is 1. The molecule has 0 spiro atoms. The molecule has 0 amide bonds. The van der Waals surface area contributed by atoms with Gasteiger partial charge in [0, 0.05) is 19.3 Å². The van der Waals surface area contributed by atoms with E-state index in [9.17, 15) is 20.0 Å². The molecule has 0 aliphatic rings. The highest BCUT2D eigenvalue weighted by Gasteiger charge is 2.19. The van der Waals surface area contributed by atoms with E-state index in [0.717, 1.165) is 6.07 Å². The van der Waals surface area contributed by atoms with Gasteiger partial charge in [-0.15, -0.1) is 0 Å². The summed E-state index contributed by atoms with van der Waals surface area (Å²) in [5.41, 5.74) is 0.269. The number of carbonyl (C=O) groups excluding carboxylic acids is 1. The first-order valence-corrected chi connectivity index (χ1v) is 6.19. The molecule has 0 radical (unpaired) electrons. The topological polar surface area (TPSA) is 107 Å². The number of ether oxygens (including phenoxy) is 1. The molecule has 22 heavy (non-hydrogen) atoms. The van der Waals surface area contributed by atoms with E-state index in [0.29, 0.717) is 11.1 Å². The molecule has 114 valence electrons. The van der Waals surface area contributed by atoms with Crippen molar-refractivity contribution in [1.29, 1.82) is 0 Å². The third-order valence-electron chi connectivity index (χ3n) is 2.91. The van der Waals surface area contributed by atoms with E-state index in [1.165, 1.54) is 36.2 Å². The van der Waals surface area contributed by atoms with Gasteiger partial charge >= 0.3 is 5.69 Å². The molecule has 2 aromatic rings. The molecule has 8 nitrogen and oxygen atoms in total. The summed E-state index contributed by atoms with van der Waals surface area (Å²) in [5.74, 6) is -0.881. The zero-order valence-electron chi connectivity index (χ0n) is 11.9. The molecule has 1 aromatic carbocycles. The van der Waals surface area contributed by atoms with Crippen molar-refractivity contribution in [2.24, 2.45) is 7.05 Å². The molecule has 0 bridgehead atoms. The lowest BCUT2D eigenvalue weighted by atomic mass is 10.1. The Hall–Kier alpha value is -3.16. The standard InChI is InChI=1S/C14H13N3O5/c1-16-8-10(7-15-16)12(18)4-3-9-5-11(17(20)21)14(19)13(6-9)22-2/h3-8,19H,1-2H3. The van der Waals surface area contributed by atoms with Crippen LogP contribution < -0.4 is 4.74 Å². The predicted octanol–water partition coefficient (Wildman–Crippen LogP) is 1.94. The monoisotopic (exact) mass is 303 g/mol. The van der Waals surface area contributed by atoms with Gasteiger partial charge in [0.25, 0.3) is 0 Å². The Labute approximate surface area is 125 Å². The van der Waals surface area contributed by atoms with Crippen molar-refractivity contribution in [3.8, 4) is 11.5 Å². The minimum Gasteiger partial charge on any atom is -0.500 e. The first kappa shape index (κ1) is 15.2. The van der Waals surface area contributed by atoms with Gasteiger partial charge in [0.15, 0.2) is 11.5 Å². The zero-order valence-corrected chi connectivity index (χ0v) is 11.9. The van der Waals surface area contributed by atoms with E-state index >= 15 is 0 Å². The van der Waals surface area contributed by atoms with Gasteiger partial charge in [-0.3, -0.25) is 19.6 Å². The van der Waals surface area contributed by atoms with Crippen LogP contribution in [0.3, 0.4) is 0 Å². The maximum atomic E-state index is 11.9. The van der Waals surface area contributed by atoms with Gasteiger partial charge < -0.3 is 9.84 Å². The van der Waals surface area contributed by atoms with Crippen LogP contribution in [0.1, 0.15) is 15.9 Å². The fourth-order valence-electron chi connectivity index (χ4n) is 1.82. The van der Waals surface area contributed by atoms with Gasteiger partial charge in [-0.2, -0.15) is 5.10 Å². The quantitative estimate of drug-likeness (QED) is 0.391. The van der Waals surface area contributed by atoms with Crippen LogP contribution in [0.2, 0.25) is 0 Å². The number of phenols is 1. The number of aromatic nitrogens is 2. The van der Waals surface area contributed by atoms with Crippen LogP contribution in [0.25, 0.3) is 6.08 Å². The molecule has 0 fully saturated rings. The van der Waals surface area contributed by atoms with Crippen LogP contribution in [-0.2, 0) is 7.05 Å². The minimum atomic E-state index is -0.724. The van der Waals surface area contributed by atoms with Gasteiger partial charge in [0.1, 0.15) is 0 Å². The van der Waals surface area contributed by atoms with Gasteiger partial charge in [0.2, 0.25) is 5.75 Å². The Morgan fingerprint density at radius 1 is 1.50 bits per heavy atom. The Morgan fingerprint density at radius 2 is 2.23 bits per heavy atom. The van der Waals surface area contributed by atoms with Crippen molar-refractivity contribution >= 4 is 17.5 Å². The first-order valence-electron chi connectivity index (χ1n) is 6.19. The summed E-state index contributed by atoms with van der Waals surface area (Å²) >= 11 is 0. The third-order valence-corrected chi connectivity index (χ3v) is 2.91. The molecule has 0 atom stereocenters. The average Bonchev–Trinajstić information content (AvgIpc) is 2.92. The van der Waals surface area contributed by atoms with Crippen molar-refractivity contribution in [1.82, 2.24) is 9.78 Å². The summed E-state index contributed by atoms with van der Waals surface area (Å²) in [6.07, 6.45) is 5.66. The first-order chi connectivity index (χ1) is 10.4. The van der Waals surface area contributed by atoms with Crippen molar-refractivity contribution in [3.63, 3.8) is 0 Å². The van der Waals surface area contributed by atoms with Crippen molar-refractivity contribution in [2.45, 2.75) is 0 Å². The van der Waals surface area contributed by atoms with Crippen LogP contribution >= 0.6 is 0 Å². The summed E-state index contributed by atoms with van der Waals surface area (Å²) in [6, 6.07) is 2.56. The summed E-state index contributed by atoms with van der Waals surface area (Å²) < 4.78 is 6.38. The Balaban J connectivity index is 2.33. The number of aromatic hydroxyl groups is 1. The smallest absolute Gasteiger partial charge is 0.315 e. The van der Waals surface area contributed by atoms with Gasteiger partial charge in [0.05, 0.1) is 23.8 Å². The maximum absolute atomic E-state index is 11.9. The summed E-state index contributed by atoms with van der Waals surface area (Å²) in [7, 11) is 2.97. The lowest BCUT2D eigenvalue weighted by Crippen LogP contribution is -1.94. The van der Waals surface area contributed by atoms with Crippen LogP contribution in [0.5, 0.6) is 11.5 Å². The van der Waals surface area contributed by atoms with Gasteiger partial charge in [-0.05, 0) is 17.7 Å². The van der Waals surface area contributed by atoms with Crippen LogP contribution in [0.4, 0.5) is 5.69 Å². The lowest BCUT2D eigenvalue weighted by molar-refractivity contribution is -0.386. The Morgan fingerprint density at radius 3 is 2.77 bits per heavy atom. The Kier molecular flexibility index (Phi) is 4.21. The largest absolute Gasteiger partial charge is 0.500 e. The number of allylic oxidation sites excluding steroid dienone is 1. The third kappa shape index (κ3) is 3.11. The summed E-state index contributed by atoms with van der Waals surface area (Å²) in [4.78, 5) is 22.1. The Bertz CT molecular complexity index is 764. The molecular formula is C14H13N3O5. The van der Waals surface area contributed by atoms with E-state index in [-0.39, 0.29) is 11.5 Å². The molecule has 1 N–H and O–H groups in total. The highest BCUT2D eigenvalue weighted by atomic mass is 16.6. The number of ketones is 1. The second-order valence-electron chi connectivity index (χ2n) is 4.45. The zero-order chi connectivity index (χ0) is 16.3. The number of phenolic OH excluding ortho intramolecular Hbond substituents is 1. The minimum absolute atomic E-state index is 0.0392. The van der Waals surface area contributed by atoms with Crippen molar-refractivity contribution in [2.75, 3.05) is 7.11 Å². The van der Waals surface area contributed by atoms with E-state index < -0.39 is 16.4 Å². The molecule has 8 heteroatoms. The second-order valence-corrected chi connectivity index (χ2v) is 4.45. The number of benzene rings is 1. The van der Waals surface area contributed by atoms with E-state index in [2.05, 4.69) is 5.10 Å². The molecule has 0 saturated heterocycles. The number of nitrogens with zero attached hydrogens (tertiary/aromatic N) is 3. The van der Waals surface area contributed by atoms with E-state index in [4.69, 9.17) is 4.74 Å². The SMILES string of the molecule is COc1cc(C=CC(=O)c2cnn(C)c2)cc([N+](=O)[O-])c1O. The number of aryl methyl sites for hydroxylation is 1. The molecule has 0 saturated carbocycles. The van der Waals surface area contributed by atoms with Crippen LogP contribution in [0, 0.1) is 10.1 Å². The predicted molar refractivity (Wildman–Crippen MR) is 77.9 cm³/mol. The molecule has 0 unspecified atom stereocenters. The summed E-state index contributed by atoms with van der Waals surface area (Å²) in [5, 5.41) is 24.5. The maximum Gasteiger partial charge on any atom is 0.315 e. The molecular weight excluding hydrogens is 290 g/mol. The van der Waals surface area contributed by atoms with E-state index in [1.807, 2.05) is 0 Å². The highest BCUT2D eigenvalue weighted by molar-refractivity contribution is 6.06. The number of methoxy groups -OCH3 is 1. The van der Waals surface area contributed by atoms with Gasteiger partial charge in [-0.25, -0.2) is 0 Å². The molecule has 2 rings (SSSR count). The highest BCUT2D eigenvalue weighted by Crippen LogP contribution is 2.37. The number of hydrogen-bond donors (Lipinski definition) is 1. The number of rotatable bonds is 5. The molecule has 0 aliphatic heterocycles. The van der Waals surface area contributed by atoms with Crippen molar-refractivity contribution in [3.05, 3.63) is 51.8 Å². The van der Waals surface area contributed by atoms with E-state index in [1.54, 1.807) is 13.2 Å². The lowest BCUT2D eigenvalue weighted by Gasteiger charge is -2.05.